The SMILES string of the molecule is CC(C)(C)c1ccc(C(=O)c2nnc(-c3ccncc3)o2)cc1. The molecule has 0 amide bonds. The molecule has 1 aromatic carbocycles. The number of ketones is 1. The molecule has 0 unspecified atom stereocenters. The van der Waals surface area contributed by atoms with Crippen molar-refractivity contribution in [2.75, 3.05) is 0 Å². The molecule has 3 rings (SSSR count). The Labute approximate surface area is 134 Å². The van der Waals surface area contributed by atoms with Crippen molar-refractivity contribution < 1.29 is 9.21 Å². The Balaban J connectivity index is 1.85. The lowest BCUT2D eigenvalue weighted by Crippen LogP contribution is -2.11. The molecule has 0 bridgehead atoms. The van der Waals surface area contributed by atoms with Crippen LogP contribution in [0, 0.1) is 0 Å². The molecular weight excluding hydrogens is 290 g/mol. The smallest absolute Gasteiger partial charge is 0.289 e. The van der Waals surface area contributed by atoms with Crippen LogP contribution in [0.15, 0.2) is 53.2 Å². The van der Waals surface area contributed by atoms with Crippen LogP contribution in [0.25, 0.3) is 11.5 Å². The Hall–Kier alpha value is -2.82. The predicted molar refractivity (Wildman–Crippen MR) is 86.1 cm³/mol. The van der Waals surface area contributed by atoms with Crippen molar-refractivity contribution in [1.82, 2.24) is 15.2 Å². The van der Waals surface area contributed by atoms with Crippen LogP contribution in [-0.2, 0) is 5.41 Å². The molecule has 0 aliphatic heterocycles. The van der Waals surface area contributed by atoms with Crippen LogP contribution in [0.4, 0.5) is 0 Å². The van der Waals surface area contributed by atoms with Crippen molar-refractivity contribution in [2.45, 2.75) is 26.2 Å². The highest BCUT2D eigenvalue weighted by molar-refractivity contribution is 6.05. The molecule has 0 spiro atoms. The van der Waals surface area contributed by atoms with Gasteiger partial charge in [0, 0.05) is 23.5 Å². The largest absolute Gasteiger partial charge is 0.413 e. The average Bonchev–Trinajstić information content (AvgIpc) is 3.04. The van der Waals surface area contributed by atoms with E-state index in [-0.39, 0.29) is 17.1 Å². The van der Waals surface area contributed by atoms with Gasteiger partial charge in [0.05, 0.1) is 0 Å². The monoisotopic (exact) mass is 307 g/mol. The van der Waals surface area contributed by atoms with E-state index in [2.05, 4.69) is 36.0 Å². The first kappa shape index (κ1) is 15.1. The van der Waals surface area contributed by atoms with Gasteiger partial charge < -0.3 is 4.42 Å². The standard InChI is InChI=1S/C18H17N3O2/c1-18(2,3)14-6-4-12(5-7-14)15(22)17-21-20-16(23-17)13-8-10-19-11-9-13/h4-11H,1-3H3. The molecule has 0 fully saturated rings. The van der Waals surface area contributed by atoms with Gasteiger partial charge >= 0.3 is 0 Å². The number of carbonyl (C=O) groups excluding carboxylic acids is 1. The zero-order valence-corrected chi connectivity index (χ0v) is 13.3. The summed E-state index contributed by atoms with van der Waals surface area (Å²) in [6.45, 7) is 6.38. The molecule has 2 heterocycles. The molecule has 0 saturated heterocycles. The van der Waals surface area contributed by atoms with E-state index in [1.807, 2.05) is 12.1 Å². The Morgan fingerprint density at radius 1 is 0.957 bits per heavy atom. The van der Waals surface area contributed by atoms with Crippen LogP contribution in [0.1, 0.15) is 42.6 Å². The van der Waals surface area contributed by atoms with Gasteiger partial charge in [0.25, 0.3) is 5.89 Å². The molecule has 0 radical (unpaired) electrons. The molecule has 0 saturated carbocycles. The van der Waals surface area contributed by atoms with Crippen molar-refractivity contribution in [3.05, 3.63) is 65.8 Å². The minimum atomic E-state index is -0.279. The molecule has 23 heavy (non-hydrogen) atoms. The summed E-state index contributed by atoms with van der Waals surface area (Å²) in [6, 6.07) is 11.0. The van der Waals surface area contributed by atoms with Gasteiger partial charge in [-0.15, -0.1) is 10.2 Å². The number of hydrogen-bond donors (Lipinski definition) is 0. The van der Waals surface area contributed by atoms with Crippen LogP contribution in [0.5, 0.6) is 0 Å². The third kappa shape index (κ3) is 3.18. The number of pyridine rings is 1. The van der Waals surface area contributed by atoms with Crippen molar-refractivity contribution in [3.63, 3.8) is 0 Å². The summed E-state index contributed by atoms with van der Waals surface area (Å²) in [5.41, 5.74) is 2.47. The summed E-state index contributed by atoms with van der Waals surface area (Å²) in [4.78, 5) is 16.4. The van der Waals surface area contributed by atoms with Crippen molar-refractivity contribution in [1.29, 1.82) is 0 Å². The Kier molecular flexibility index (Phi) is 3.78. The first-order valence-electron chi connectivity index (χ1n) is 7.34. The van der Waals surface area contributed by atoms with E-state index >= 15 is 0 Å². The summed E-state index contributed by atoms with van der Waals surface area (Å²) in [7, 11) is 0. The molecule has 3 aromatic rings. The lowest BCUT2D eigenvalue weighted by molar-refractivity contribution is 0.100. The highest BCUT2D eigenvalue weighted by atomic mass is 16.4. The number of rotatable bonds is 3. The topological polar surface area (TPSA) is 68.9 Å². The van der Waals surface area contributed by atoms with Gasteiger partial charge in [-0.3, -0.25) is 9.78 Å². The molecule has 0 atom stereocenters. The summed E-state index contributed by atoms with van der Waals surface area (Å²) in [6.07, 6.45) is 3.26. The minimum absolute atomic E-state index is 0.0136. The van der Waals surface area contributed by atoms with Crippen molar-refractivity contribution in [2.24, 2.45) is 0 Å². The van der Waals surface area contributed by atoms with E-state index in [4.69, 9.17) is 4.42 Å². The molecule has 5 heteroatoms. The van der Waals surface area contributed by atoms with Crippen LogP contribution in [-0.4, -0.2) is 21.0 Å². The van der Waals surface area contributed by atoms with Crippen molar-refractivity contribution in [3.8, 4) is 11.5 Å². The maximum atomic E-state index is 12.4. The summed E-state index contributed by atoms with van der Waals surface area (Å²) in [5, 5.41) is 7.78. The third-order valence-corrected chi connectivity index (χ3v) is 3.56. The minimum Gasteiger partial charge on any atom is -0.413 e. The molecule has 116 valence electrons. The van der Waals surface area contributed by atoms with E-state index in [9.17, 15) is 4.79 Å². The van der Waals surface area contributed by atoms with Crippen LogP contribution in [0.3, 0.4) is 0 Å². The zero-order valence-electron chi connectivity index (χ0n) is 13.3. The number of benzene rings is 1. The molecule has 0 N–H and O–H groups in total. The lowest BCUT2D eigenvalue weighted by Gasteiger charge is -2.18. The Morgan fingerprint density at radius 3 is 2.22 bits per heavy atom. The van der Waals surface area contributed by atoms with Gasteiger partial charge in [-0.05, 0) is 23.1 Å². The van der Waals surface area contributed by atoms with E-state index in [1.54, 1.807) is 36.7 Å². The number of aromatic nitrogens is 3. The Morgan fingerprint density at radius 2 is 1.61 bits per heavy atom. The zero-order chi connectivity index (χ0) is 16.4. The maximum absolute atomic E-state index is 12.4. The van der Waals surface area contributed by atoms with Gasteiger partial charge in [-0.25, -0.2) is 0 Å². The summed E-state index contributed by atoms with van der Waals surface area (Å²) >= 11 is 0. The fourth-order valence-corrected chi connectivity index (χ4v) is 2.17. The van der Waals surface area contributed by atoms with Crippen LogP contribution < -0.4 is 0 Å². The van der Waals surface area contributed by atoms with E-state index in [0.29, 0.717) is 11.5 Å². The van der Waals surface area contributed by atoms with Gasteiger partial charge in [0.15, 0.2) is 0 Å². The van der Waals surface area contributed by atoms with Gasteiger partial charge in [-0.2, -0.15) is 0 Å². The van der Waals surface area contributed by atoms with Gasteiger partial charge in [-0.1, -0.05) is 45.0 Å². The van der Waals surface area contributed by atoms with Crippen LogP contribution in [0.2, 0.25) is 0 Å². The molecular formula is C18H17N3O2. The fourth-order valence-electron chi connectivity index (χ4n) is 2.17. The highest BCUT2D eigenvalue weighted by Crippen LogP contribution is 2.23. The number of nitrogens with zero attached hydrogens (tertiary/aromatic N) is 3. The molecule has 0 aliphatic carbocycles. The van der Waals surface area contributed by atoms with E-state index in [1.165, 1.54) is 0 Å². The average molecular weight is 307 g/mol. The fraction of sp³-hybridized carbons (Fsp3) is 0.222. The predicted octanol–water partition coefficient (Wildman–Crippen LogP) is 3.66. The van der Waals surface area contributed by atoms with Gasteiger partial charge in [0.1, 0.15) is 0 Å². The van der Waals surface area contributed by atoms with Crippen LogP contribution >= 0.6 is 0 Å². The Bertz CT molecular complexity index is 815. The van der Waals surface area contributed by atoms with E-state index in [0.717, 1.165) is 11.1 Å². The van der Waals surface area contributed by atoms with E-state index < -0.39 is 0 Å². The second-order valence-electron chi connectivity index (χ2n) is 6.30. The lowest BCUT2D eigenvalue weighted by atomic mass is 9.86. The normalized spacial score (nSPS) is 11.4. The second kappa shape index (κ2) is 5.76. The first-order valence-corrected chi connectivity index (χ1v) is 7.34. The third-order valence-electron chi connectivity index (χ3n) is 3.56. The van der Waals surface area contributed by atoms with Crippen molar-refractivity contribution >= 4 is 5.78 Å². The summed E-state index contributed by atoms with van der Waals surface area (Å²) < 4.78 is 5.48. The number of carbonyl (C=O) groups is 1. The van der Waals surface area contributed by atoms with Gasteiger partial charge in [0.2, 0.25) is 11.7 Å². The molecule has 2 aromatic heterocycles. The quantitative estimate of drug-likeness (QED) is 0.691. The summed E-state index contributed by atoms with van der Waals surface area (Å²) in [5.74, 6) is 0.0145. The highest BCUT2D eigenvalue weighted by Gasteiger charge is 2.19. The first-order chi connectivity index (χ1) is 10.9. The maximum Gasteiger partial charge on any atom is 0.289 e. The molecule has 5 nitrogen and oxygen atoms in total. The number of hydrogen-bond acceptors (Lipinski definition) is 5. The molecule has 0 aliphatic rings. The second-order valence-corrected chi connectivity index (χ2v) is 6.30.